The summed E-state index contributed by atoms with van der Waals surface area (Å²) in [6, 6.07) is 1.13. The van der Waals surface area contributed by atoms with E-state index in [2.05, 4.69) is 9.72 Å². The molecule has 0 aromatic carbocycles. The normalized spacial score (nSPS) is 9.50. The largest absolute Gasteiger partial charge is 0.462 e. The maximum absolute atomic E-state index is 11.1. The van der Waals surface area contributed by atoms with Crippen LogP contribution in [0, 0.1) is 10.1 Å². The first-order chi connectivity index (χ1) is 6.65. The highest BCUT2D eigenvalue weighted by molar-refractivity contribution is 5.89. The predicted octanol–water partition coefficient (Wildman–Crippen LogP) is 1.17. The molecule has 0 aliphatic heterocycles. The Morgan fingerprint density at radius 2 is 2.36 bits per heavy atom. The number of aromatic nitrogens is 1. The van der Waals surface area contributed by atoms with Crippen LogP contribution in [-0.2, 0) is 4.74 Å². The van der Waals surface area contributed by atoms with Crippen molar-refractivity contribution in [1.29, 1.82) is 0 Å². The molecule has 0 fully saturated rings. The third-order valence-electron chi connectivity index (χ3n) is 1.45. The SMILES string of the molecule is CCOC(=O)c1cncc([N+](=O)[O-])c1. The van der Waals surface area contributed by atoms with Crippen LogP contribution in [0.3, 0.4) is 0 Å². The lowest BCUT2D eigenvalue weighted by molar-refractivity contribution is -0.385. The van der Waals surface area contributed by atoms with Gasteiger partial charge in [0, 0.05) is 12.3 Å². The van der Waals surface area contributed by atoms with Crippen molar-refractivity contribution in [3.8, 4) is 0 Å². The van der Waals surface area contributed by atoms with Crippen LogP contribution in [-0.4, -0.2) is 22.5 Å². The van der Waals surface area contributed by atoms with E-state index in [1.165, 1.54) is 6.20 Å². The first-order valence-corrected chi connectivity index (χ1v) is 3.91. The first kappa shape index (κ1) is 10.1. The highest BCUT2D eigenvalue weighted by Crippen LogP contribution is 2.11. The number of esters is 1. The minimum Gasteiger partial charge on any atom is -0.462 e. The fraction of sp³-hybridized carbons (Fsp3) is 0.250. The van der Waals surface area contributed by atoms with Gasteiger partial charge in [-0.15, -0.1) is 0 Å². The second kappa shape index (κ2) is 4.31. The number of carbonyl (C=O) groups excluding carboxylic acids is 1. The Hall–Kier alpha value is -1.98. The van der Waals surface area contributed by atoms with Gasteiger partial charge in [-0.25, -0.2) is 4.79 Å². The van der Waals surface area contributed by atoms with Gasteiger partial charge in [-0.1, -0.05) is 0 Å². The van der Waals surface area contributed by atoms with Gasteiger partial charge in [0.05, 0.1) is 17.1 Å². The predicted molar refractivity (Wildman–Crippen MR) is 46.8 cm³/mol. The molecule has 0 amide bonds. The molecule has 1 heterocycles. The summed E-state index contributed by atoms with van der Waals surface area (Å²) in [6.45, 7) is 1.88. The zero-order valence-corrected chi connectivity index (χ0v) is 7.47. The van der Waals surface area contributed by atoms with E-state index in [0.29, 0.717) is 0 Å². The average Bonchev–Trinajstić information content (AvgIpc) is 2.18. The molecule has 6 nitrogen and oxygen atoms in total. The van der Waals surface area contributed by atoms with Crippen LogP contribution in [0.4, 0.5) is 5.69 Å². The summed E-state index contributed by atoms with van der Waals surface area (Å²) in [5.41, 5.74) is -0.142. The van der Waals surface area contributed by atoms with E-state index in [1.54, 1.807) is 6.92 Å². The van der Waals surface area contributed by atoms with Gasteiger partial charge in [-0.3, -0.25) is 15.1 Å². The molecule has 0 radical (unpaired) electrons. The van der Waals surface area contributed by atoms with Crippen LogP contribution in [0.5, 0.6) is 0 Å². The van der Waals surface area contributed by atoms with Crippen molar-refractivity contribution in [2.45, 2.75) is 6.92 Å². The fourth-order valence-corrected chi connectivity index (χ4v) is 0.854. The van der Waals surface area contributed by atoms with Gasteiger partial charge in [-0.05, 0) is 6.92 Å². The summed E-state index contributed by atoms with van der Waals surface area (Å²) in [4.78, 5) is 24.4. The van der Waals surface area contributed by atoms with E-state index in [0.717, 1.165) is 12.3 Å². The molecule has 0 atom stereocenters. The van der Waals surface area contributed by atoms with E-state index in [-0.39, 0.29) is 17.9 Å². The smallest absolute Gasteiger partial charge is 0.339 e. The highest BCUT2D eigenvalue weighted by atomic mass is 16.6. The molecule has 1 rings (SSSR count). The molecule has 0 saturated carbocycles. The highest BCUT2D eigenvalue weighted by Gasteiger charge is 2.12. The zero-order chi connectivity index (χ0) is 10.6. The second-order valence-corrected chi connectivity index (χ2v) is 2.41. The summed E-state index contributed by atoms with van der Waals surface area (Å²) in [5.74, 6) is -0.608. The van der Waals surface area contributed by atoms with Gasteiger partial charge in [-0.2, -0.15) is 0 Å². The van der Waals surface area contributed by atoms with Crippen molar-refractivity contribution in [3.63, 3.8) is 0 Å². The monoisotopic (exact) mass is 196 g/mol. The summed E-state index contributed by atoms with van der Waals surface area (Å²) >= 11 is 0. The molecule has 74 valence electrons. The number of carbonyl (C=O) groups is 1. The van der Waals surface area contributed by atoms with Crippen molar-refractivity contribution in [3.05, 3.63) is 34.1 Å². The third-order valence-corrected chi connectivity index (χ3v) is 1.45. The number of pyridine rings is 1. The average molecular weight is 196 g/mol. The molecule has 0 bridgehead atoms. The van der Waals surface area contributed by atoms with Crippen molar-refractivity contribution >= 4 is 11.7 Å². The van der Waals surface area contributed by atoms with Crippen LogP contribution >= 0.6 is 0 Å². The van der Waals surface area contributed by atoms with Gasteiger partial charge >= 0.3 is 5.97 Å². The molecule has 6 heteroatoms. The van der Waals surface area contributed by atoms with Crippen LogP contribution < -0.4 is 0 Å². The van der Waals surface area contributed by atoms with Crippen LogP contribution in [0.2, 0.25) is 0 Å². The third kappa shape index (κ3) is 2.25. The molecular formula is C8H8N2O4. The summed E-state index contributed by atoms with van der Waals surface area (Å²) < 4.78 is 4.66. The Labute approximate surface area is 79.7 Å². The molecule has 0 aliphatic rings. The Balaban J connectivity index is 2.93. The zero-order valence-electron chi connectivity index (χ0n) is 7.47. The maximum Gasteiger partial charge on any atom is 0.339 e. The van der Waals surface area contributed by atoms with E-state index in [4.69, 9.17) is 0 Å². The van der Waals surface area contributed by atoms with Gasteiger partial charge in [0.15, 0.2) is 0 Å². The van der Waals surface area contributed by atoms with Crippen LogP contribution in [0.25, 0.3) is 0 Å². The number of rotatable bonds is 3. The lowest BCUT2D eigenvalue weighted by atomic mass is 10.3. The lowest BCUT2D eigenvalue weighted by Gasteiger charge is -1.99. The molecule has 1 aromatic rings. The fourth-order valence-electron chi connectivity index (χ4n) is 0.854. The second-order valence-electron chi connectivity index (χ2n) is 2.41. The molecule has 0 saturated heterocycles. The van der Waals surface area contributed by atoms with Gasteiger partial charge in [0.25, 0.3) is 5.69 Å². The van der Waals surface area contributed by atoms with E-state index in [1.807, 2.05) is 0 Å². The number of hydrogen-bond donors (Lipinski definition) is 0. The van der Waals surface area contributed by atoms with Crippen LogP contribution in [0.1, 0.15) is 17.3 Å². The molecule has 1 aromatic heterocycles. The Bertz CT molecular complexity index is 364. The minimum absolute atomic E-state index is 0.0843. The lowest BCUT2D eigenvalue weighted by Crippen LogP contribution is -2.05. The number of nitrogens with zero attached hydrogens (tertiary/aromatic N) is 2. The topological polar surface area (TPSA) is 82.3 Å². The summed E-state index contributed by atoms with van der Waals surface area (Å²) in [7, 11) is 0. The quantitative estimate of drug-likeness (QED) is 0.411. The Kier molecular flexibility index (Phi) is 3.11. The van der Waals surface area contributed by atoms with Crippen molar-refractivity contribution in [1.82, 2.24) is 4.98 Å². The Morgan fingerprint density at radius 1 is 1.64 bits per heavy atom. The maximum atomic E-state index is 11.1. The molecule has 0 spiro atoms. The van der Waals surface area contributed by atoms with Gasteiger partial charge in [0.1, 0.15) is 6.20 Å². The van der Waals surface area contributed by atoms with Gasteiger partial charge in [0.2, 0.25) is 0 Å². The molecule has 14 heavy (non-hydrogen) atoms. The van der Waals surface area contributed by atoms with E-state index in [9.17, 15) is 14.9 Å². The summed E-state index contributed by atoms with van der Waals surface area (Å²) in [5, 5.41) is 10.3. The summed E-state index contributed by atoms with van der Waals surface area (Å²) in [6.07, 6.45) is 2.30. The van der Waals surface area contributed by atoms with Gasteiger partial charge < -0.3 is 4.74 Å². The molecule has 0 N–H and O–H groups in total. The first-order valence-electron chi connectivity index (χ1n) is 3.91. The molecular weight excluding hydrogens is 188 g/mol. The molecule has 0 aliphatic carbocycles. The van der Waals surface area contributed by atoms with E-state index < -0.39 is 10.9 Å². The number of hydrogen-bond acceptors (Lipinski definition) is 5. The van der Waals surface area contributed by atoms with Crippen molar-refractivity contribution in [2.24, 2.45) is 0 Å². The molecule has 0 unspecified atom stereocenters. The van der Waals surface area contributed by atoms with Crippen molar-refractivity contribution < 1.29 is 14.5 Å². The van der Waals surface area contributed by atoms with Crippen molar-refractivity contribution in [2.75, 3.05) is 6.61 Å². The van der Waals surface area contributed by atoms with E-state index >= 15 is 0 Å². The van der Waals surface area contributed by atoms with Crippen LogP contribution in [0.15, 0.2) is 18.5 Å². The number of nitro groups is 1. The Morgan fingerprint density at radius 3 is 2.93 bits per heavy atom. The number of ether oxygens (including phenoxy) is 1. The standard InChI is InChI=1S/C8H8N2O4/c1-2-14-8(11)6-3-7(10(12)13)5-9-4-6/h3-5H,2H2,1H3. The minimum atomic E-state index is -0.615.